The average Bonchev–Trinajstić information content (AvgIpc) is 2.12. The zero-order valence-corrected chi connectivity index (χ0v) is 6.10. The van der Waals surface area contributed by atoms with E-state index in [9.17, 15) is 0 Å². The first-order valence-electron chi connectivity index (χ1n) is 3.95. The Morgan fingerprint density at radius 3 is 1.78 bits per heavy atom. The van der Waals surface area contributed by atoms with Crippen molar-refractivity contribution >= 4 is 0 Å². The standard InChI is InChI=1S/C8H14.H3N/c1-2-7-4-5-8(3-1)6-7;/h7-8H,1-6H2;1H3. The van der Waals surface area contributed by atoms with Crippen LogP contribution in [0.1, 0.15) is 38.5 Å². The van der Waals surface area contributed by atoms with Crippen LogP contribution in [-0.2, 0) is 0 Å². The summed E-state index contributed by atoms with van der Waals surface area (Å²) in [4.78, 5) is 0. The van der Waals surface area contributed by atoms with Crippen LogP contribution in [-0.4, -0.2) is 0 Å². The van der Waals surface area contributed by atoms with Crippen LogP contribution in [0.15, 0.2) is 0 Å². The molecule has 2 unspecified atom stereocenters. The van der Waals surface area contributed by atoms with Crippen LogP contribution in [0.3, 0.4) is 0 Å². The smallest absolute Gasteiger partial charge is 0.0412 e. The zero-order valence-electron chi connectivity index (χ0n) is 6.10. The highest BCUT2D eigenvalue weighted by atomic mass is 14.3. The molecular formula is C8H17N. The summed E-state index contributed by atoms with van der Waals surface area (Å²) in [5, 5.41) is 0. The van der Waals surface area contributed by atoms with Crippen LogP contribution in [0, 0.1) is 11.8 Å². The van der Waals surface area contributed by atoms with E-state index >= 15 is 0 Å². The molecule has 2 fully saturated rings. The molecule has 2 rings (SSSR count). The predicted molar refractivity (Wildman–Crippen MR) is 39.7 cm³/mol. The Morgan fingerprint density at radius 2 is 1.33 bits per heavy atom. The van der Waals surface area contributed by atoms with Gasteiger partial charge in [-0.3, -0.25) is 0 Å². The molecule has 0 aromatic heterocycles. The molecule has 0 heterocycles. The minimum atomic E-state index is 0. The monoisotopic (exact) mass is 127 g/mol. The second-order valence-electron chi connectivity index (χ2n) is 3.48. The summed E-state index contributed by atoms with van der Waals surface area (Å²) in [6, 6.07) is 0. The molecule has 0 spiro atoms. The SMILES string of the molecule is C1CC2CCC(C1)C2.N. The maximum atomic E-state index is 1.58. The van der Waals surface area contributed by atoms with Crippen molar-refractivity contribution in [2.75, 3.05) is 0 Å². The summed E-state index contributed by atoms with van der Waals surface area (Å²) >= 11 is 0. The highest BCUT2D eigenvalue weighted by molar-refractivity contribution is 4.80. The summed E-state index contributed by atoms with van der Waals surface area (Å²) in [5.41, 5.74) is 0. The lowest BCUT2D eigenvalue weighted by atomic mass is 9.89. The molecule has 2 saturated carbocycles. The Hall–Kier alpha value is -0.0400. The van der Waals surface area contributed by atoms with E-state index in [0.717, 1.165) is 11.8 Å². The second-order valence-corrected chi connectivity index (χ2v) is 3.48. The van der Waals surface area contributed by atoms with E-state index in [2.05, 4.69) is 0 Å². The Balaban J connectivity index is 0.000000405. The quantitative estimate of drug-likeness (QED) is 0.533. The summed E-state index contributed by atoms with van der Waals surface area (Å²) in [6.07, 6.45) is 9.34. The van der Waals surface area contributed by atoms with Crippen LogP contribution in [0.25, 0.3) is 0 Å². The fourth-order valence-electron chi connectivity index (χ4n) is 2.40. The molecule has 0 aliphatic heterocycles. The van der Waals surface area contributed by atoms with Crippen molar-refractivity contribution in [3.63, 3.8) is 0 Å². The van der Waals surface area contributed by atoms with Crippen molar-refractivity contribution in [1.82, 2.24) is 6.15 Å². The number of fused-ring (bicyclic) bond motifs is 2. The van der Waals surface area contributed by atoms with Crippen LogP contribution >= 0.6 is 0 Å². The van der Waals surface area contributed by atoms with Gasteiger partial charge in [0.05, 0.1) is 0 Å². The topological polar surface area (TPSA) is 35.0 Å². The molecule has 0 aromatic carbocycles. The van der Waals surface area contributed by atoms with E-state index in [4.69, 9.17) is 0 Å². The number of rotatable bonds is 0. The van der Waals surface area contributed by atoms with Crippen LogP contribution in [0.4, 0.5) is 0 Å². The largest absolute Gasteiger partial charge is 0.344 e. The van der Waals surface area contributed by atoms with Gasteiger partial charge in [0.15, 0.2) is 0 Å². The molecule has 2 atom stereocenters. The lowest BCUT2D eigenvalue weighted by molar-refractivity contribution is 0.359. The van der Waals surface area contributed by atoms with Gasteiger partial charge in [-0.1, -0.05) is 32.1 Å². The molecule has 9 heavy (non-hydrogen) atoms. The maximum Gasteiger partial charge on any atom is -0.0412 e. The molecule has 1 nitrogen and oxygen atoms in total. The van der Waals surface area contributed by atoms with Gasteiger partial charge in [-0.15, -0.1) is 0 Å². The second kappa shape index (κ2) is 2.70. The zero-order chi connectivity index (χ0) is 5.40. The van der Waals surface area contributed by atoms with E-state index in [-0.39, 0.29) is 6.15 Å². The lowest BCUT2D eigenvalue weighted by Gasteiger charge is -2.16. The highest BCUT2D eigenvalue weighted by Crippen LogP contribution is 2.41. The first kappa shape index (κ1) is 7.07. The third kappa shape index (κ3) is 1.26. The highest BCUT2D eigenvalue weighted by Gasteiger charge is 2.27. The molecule has 0 radical (unpaired) electrons. The van der Waals surface area contributed by atoms with Gasteiger partial charge in [-0.05, 0) is 18.3 Å². The van der Waals surface area contributed by atoms with Crippen LogP contribution in [0.5, 0.6) is 0 Å². The molecule has 0 saturated heterocycles. The lowest BCUT2D eigenvalue weighted by Crippen LogP contribution is -2.03. The Morgan fingerprint density at radius 1 is 0.778 bits per heavy atom. The molecule has 54 valence electrons. The minimum Gasteiger partial charge on any atom is -0.344 e. The molecule has 2 bridgehead atoms. The summed E-state index contributed by atoms with van der Waals surface area (Å²) in [7, 11) is 0. The van der Waals surface area contributed by atoms with Gasteiger partial charge < -0.3 is 6.15 Å². The van der Waals surface area contributed by atoms with Gasteiger partial charge >= 0.3 is 0 Å². The van der Waals surface area contributed by atoms with Crippen molar-refractivity contribution in [1.29, 1.82) is 0 Å². The fraction of sp³-hybridized carbons (Fsp3) is 1.00. The minimum absolute atomic E-state index is 0. The number of hydrogen-bond donors (Lipinski definition) is 1. The van der Waals surface area contributed by atoms with Gasteiger partial charge in [0.2, 0.25) is 0 Å². The maximum absolute atomic E-state index is 1.58. The van der Waals surface area contributed by atoms with Crippen molar-refractivity contribution in [3.05, 3.63) is 0 Å². The van der Waals surface area contributed by atoms with E-state index in [0.29, 0.717) is 0 Å². The summed E-state index contributed by atoms with van der Waals surface area (Å²) in [6.45, 7) is 0. The third-order valence-electron chi connectivity index (χ3n) is 2.87. The summed E-state index contributed by atoms with van der Waals surface area (Å²) in [5.74, 6) is 2.32. The molecule has 2 aliphatic rings. The van der Waals surface area contributed by atoms with Crippen LogP contribution < -0.4 is 6.15 Å². The van der Waals surface area contributed by atoms with E-state index in [1.165, 1.54) is 6.42 Å². The van der Waals surface area contributed by atoms with Crippen molar-refractivity contribution in [2.24, 2.45) is 11.8 Å². The fourth-order valence-corrected chi connectivity index (χ4v) is 2.40. The summed E-state index contributed by atoms with van der Waals surface area (Å²) < 4.78 is 0. The predicted octanol–water partition coefficient (Wildman–Crippen LogP) is 2.75. The van der Waals surface area contributed by atoms with E-state index in [1.54, 1.807) is 32.1 Å². The Labute approximate surface area is 57.4 Å². The molecular weight excluding hydrogens is 110 g/mol. The van der Waals surface area contributed by atoms with Gasteiger partial charge in [0, 0.05) is 0 Å². The molecule has 3 N–H and O–H groups in total. The third-order valence-corrected chi connectivity index (χ3v) is 2.87. The van der Waals surface area contributed by atoms with Gasteiger partial charge in [0.25, 0.3) is 0 Å². The normalized spacial score (nSPS) is 40.0. The van der Waals surface area contributed by atoms with Crippen molar-refractivity contribution in [3.8, 4) is 0 Å². The molecule has 2 aliphatic carbocycles. The van der Waals surface area contributed by atoms with Crippen molar-refractivity contribution < 1.29 is 0 Å². The first-order chi connectivity index (χ1) is 3.95. The van der Waals surface area contributed by atoms with E-state index < -0.39 is 0 Å². The van der Waals surface area contributed by atoms with Gasteiger partial charge in [0.1, 0.15) is 0 Å². The molecule has 0 amide bonds. The van der Waals surface area contributed by atoms with Gasteiger partial charge in [-0.25, -0.2) is 0 Å². The Kier molecular flexibility index (Phi) is 2.12. The van der Waals surface area contributed by atoms with Gasteiger partial charge in [-0.2, -0.15) is 0 Å². The van der Waals surface area contributed by atoms with Crippen LogP contribution in [0.2, 0.25) is 0 Å². The number of hydrogen-bond acceptors (Lipinski definition) is 1. The van der Waals surface area contributed by atoms with E-state index in [1.807, 2.05) is 0 Å². The first-order valence-corrected chi connectivity index (χ1v) is 3.95. The van der Waals surface area contributed by atoms with Crippen molar-refractivity contribution in [2.45, 2.75) is 38.5 Å². The average molecular weight is 127 g/mol. The molecule has 0 aromatic rings. The Bertz CT molecular complexity index is 76.6. The molecule has 1 heteroatoms.